The molecule has 7 nitrogen and oxygen atoms in total. The van der Waals surface area contributed by atoms with Gasteiger partial charge in [-0.25, -0.2) is 4.79 Å². The summed E-state index contributed by atoms with van der Waals surface area (Å²) >= 11 is 0. The lowest BCUT2D eigenvalue weighted by Gasteiger charge is -2.09. The Bertz CT molecular complexity index is 867. The van der Waals surface area contributed by atoms with Crippen molar-refractivity contribution in [1.82, 2.24) is 15.2 Å². The van der Waals surface area contributed by atoms with Crippen molar-refractivity contribution < 1.29 is 19.4 Å². The number of hydrogen-bond donors (Lipinski definition) is 1. The maximum absolute atomic E-state index is 12.1. The fourth-order valence-electron chi connectivity index (χ4n) is 2.05. The summed E-state index contributed by atoms with van der Waals surface area (Å²) in [6.45, 7) is 1.89. The summed E-state index contributed by atoms with van der Waals surface area (Å²) in [7, 11) is 0. The van der Waals surface area contributed by atoms with Crippen LogP contribution in [0.4, 0.5) is 0 Å². The number of benzene rings is 2. The summed E-state index contributed by atoms with van der Waals surface area (Å²) in [5.41, 5.74) is 0.621. The average molecular weight is 337 g/mol. The van der Waals surface area contributed by atoms with E-state index < -0.39 is 5.97 Å². The lowest BCUT2D eigenvalue weighted by atomic mass is 10.2. The molecule has 1 heterocycles. The zero-order valence-corrected chi connectivity index (χ0v) is 13.4. The fraction of sp³-hybridized carbons (Fsp3) is 0.111. The molecule has 2 aromatic carbocycles. The van der Waals surface area contributed by atoms with Crippen molar-refractivity contribution in [3.8, 4) is 28.8 Å². The van der Waals surface area contributed by atoms with Gasteiger partial charge in [-0.3, -0.25) is 0 Å². The highest BCUT2D eigenvalue weighted by molar-refractivity contribution is 5.89. The normalized spacial score (nSPS) is 10.3. The Kier molecular flexibility index (Phi) is 4.84. The summed E-state index contributed by atoms with van der Waals surface area (Å²) in [4.78, 5) is 16.4. The Balaban J connectivity index is 2.01. The van der Waals surface area contributed by atoms with E-state index in [9.17, 15) is 9.90 Å². The smallest absolute Gasteiger partial charge is 0.364 e. The van der Waals surface area contributed by atoms with Gasteiger partial charge in [0, 0.05) is 5.56 Å². The van der Waals surface area contributed by atoms with Crippen LogP contribution in [0.3, 0.4) is 0 Å². The van der Waals surface area contributed by atoms with Crippen LogP contribution in [-0.2, 0) is 4.74 Å². The highest BCUT2D eigenvalue weighted by Gasteiger charge is 2.21. The summed E-state index contributed by atoms with van der Waals surface area (Å²) in [5.74, 6) is 0.128. The monoisotopic (exact) mass is 337 g/mol. The fourth-order valence-corrected chi connectivity index (χ4v) is 2.05. The molecule has 1 aromatic heterocycles. The molecule has 0 atom stereocenters. The molecule has 3 rings (SSSR count). The molecule has 25 heavy (non-hydrogen) atoms. The van der Waals surface area contributed by atoms with Gasteiger partial charge in [0.15, 0.2) is 5.82 Å². The van der Waals surface area contributed by atoms with E-state index in [1.807, 2.05) is 30.3 Å². The first-order chi connectivity index (χ1) is 12.2. The topological polar surface area (TPSA) is 94.4 Å². The summed E-state index contributed by atoms with van der Waals surface area (Å²) in [6, 6.07) is 15.2. The Morgan fingerprint density at radius 1 is 1.04 bits per heavy atom. The number of nitrogens with zero attached hydrogens (tertiary/aromatic N) is 3. The van der Waals surface area contributed by atoms with Crippen molar-refractivity contribution in [3.05, 3.63) is 60.3 Å². The number of esters is 1. The number of hydrogen-bond acceptors (Lipinski definition) is 7. The third-order valence-electron chi connectivity index (χ3n) is 3.21. The van der Waals surface area contributed by atoms with Crippen LogP contribution in [-0.4, -0.2) is 32.9 Å². The first kappa shape index (κ1) is 16.4. The minimum absolute atomic E-state index is 0.0157. The molecule has 0 spiro atoms. The Hall–Kier alpha value is -3.48. The number of aromatic hydroxyl groups is 1. The van der Waals surface area contributed by atoms with Gasteiger partial charge in [-0.05, 0) is 31.2 Å². The van der Waals surface area contributed by atoms with Crippen LogP contribution in [0.15, 0.2) is 54.6 Å². The predicted octanol–water partition coefficient (Wildman–Crippen LogP) is 3.21. The van der Waals surface area contributed by atoms with Crippen LogP contribution >= 0.6 is 0 Å². The third kappa shape index (κ3) is 3.89. The van der Waals surface area contributed by atoms with E-state index in [0.29, 0.717) is 11.6 Å². The lowest BCUT2D eigenvalue weighted by molar-refractivity contribution is 0.0514. The Morgan fingerprint density at radius 3 is 2.44 bits per heavy atom. The molecular weight excluding hydrogens is 322 g/mol. The molecule has 126 valence electrons. The van der Waals surface area contributed by atoms with E-state index in [-0.39, 0.29) is 23.9 Å². The van der Waals surface area contributed by atoms with Gasteiger partial charge in [0.2, 0.25) is 5.69 Å². The standard InChI is InChI=1S/C18H15N3O4/c1-2-24-18(23)15-17(25-14-10-8-13(22)9-11-14)19-16(21-20-15)12-6-4-3-5-7-12/h3-11,22H,2H2,1H3. The van der Waals surface area contributed by atoms with E-state index >= 15 is 0 Å². The quantitative estimate of drug-likeness (QED) is 0.714. The molecule has 0 aliphatic heterocycles. The van der Waals surface area contributed by atoms with Gasteiger partial charge in [-0.1, -0.05) is 30.3 Å². The minimum atomic E-state index is -0.670. The van der Waals surface area contributed by atoms with E-state index in [4.69, 9.17) is 9.47 Å². The van der Waals surface area contributed by atoms with Crippen LogP contribution in [0.25, 0.3) is 11.4 Å². The SMILES string of the molecule is CCOC(=O)c1nnc(-c2ccccc2)nc1Oc1ccc(O)cc1. The number of carbonyl (C=O) groups is 1. The molecule has 0 bridgehead atoms. The highest BCUT2D eigenvalue weighted by atomic mass is 16.5. The van der Waals surface area contributed by atoms with Crippen LogP contribution in [0.5, 0.6) is 17.4 Å². The van der Waals surface area contributed by atoms with Gasteiger partial charge in [-0.15, -0.1) is 10.2 Å². The molecule has 0 radical (unpaired) electrons. The number of phenols is 1. The van der Waals surface area contributed by atoms with E-state index in [1.165, 1.54) is 12.1 Å². The van der Waals surface area contributed by atoms with E-state index in [0.717, 1.165) is 5.56 Å². The molecule has 0 fully saturated rings. The summed E-state index contributed by atoms with van der Waals surface area (Å²) < 4.78 is 10.6. The molecule has 7 heteroatoms. The van der Waals surface area contributed by atoms with E-state index in [1.54, 1.807) is 19.1 Å². The molecule has 0 saturated heterocycles. The number of ether oxygens (including phenoxy) is 2. The van der Waals surface area contributed by atoms with Crippen molar-refractivity contribution >= 4 is 5.97 Å². The number of phenolic OH excluding ortho intramolecular Hbond substituents is 1. The molecular formula is C18H15N3O4. The highest BCUT2D eigenvalue weighted by Crippen LogP contribution is 2.26. The lowest BCUT2D eigenvalue weighted by Crippen LogP contribution is -2.12. The van der Waals surface area contributed by atoms with Gasteiger partial charge < -0.3 is 14.6 Å². The maximum atomic E-state index is 12.1. The second-order valence-electron chi connectivity index (χ2n) is 4.97. The molecule has 1 N–H and O–H groups in total. The van der Waals surface area contributed by atoms with E-state index in [2.05, 4.69) is 15.2 Å². The van der Waals surface area contributed by atoms with Crippen molar-refractivity contribution in [2.24, 2.45) is 0 Å². The third-order valence-corrected chi connectivity index (χ3v) is 3.21. The van der Waals surface area contributed by atoms with Crippen molar-refractivity contribution in [2.45, 2.75) is 6.92 Å². The second-order valence-corrected chi connectivity index (χ2v) is 4.97. The Labute approximate surface area is 143 Å². The molecule has 0 aliphatic rings. The maximum Gasteiger partial charge on any atom is 0.364 e. The van der Waals surface area contributed by atoms with Crippen LogP contribution in [0.1, 0.15) is 17.4 Å². The zero-order chi connectivity index (χ0) is 17.6. The largest absolute Gasteiger partial charge is 0.508 e. The first-order valence-corrected chi connectivity index (χ1v) is 7.61. The zero-order valence-electron chi connectivity index (χ0n) is 13.4. The minimum Gasteiger partial charge on any atom is -0.508 e. The predicted molar refractivity (Wildman–Crippen MR) is 89.4 cm³/mol. The summed E-state index contributed by atoms with van der Waals surface area (Å²) in [5, 5.41) is 17.3. The molecule has 0 saturated carbocycles. The van der Waals surface area contributed by atoms with Crippen molar-refractivity contribution in [2.75, 3.05) is 6.61 Å². The number of aromatic nitrogens is 3. The summed E-state index contributed by atoms with van der Waals surface area (Å²) in [6.07, 6.45) is 0. The molecule has 3 aromatic rings. The van der Waals surface area contributed by atoms with Crippen LogP contribution in [0, 0.1) is 0 Å². The molecule has 0 amide bonds. The Morgan fingerprint density at radius 2 is 1.76 bits per heavy atom. The van der Waals surface area contributed by atoms with Crippen LogP contribution < -0.4 is 4.74 Å². The van der Waals surface area contributed by atoms with Crippen LogP contribution in [0.2, 0.25) is 0 Å². The van der Waals surface area contributed by atoms with Gasteiger partial charge in [0.25, 0.3) is 5.88 Å². The molecule has 0 aliphatic carbocycles. The van der Waals surface area contributed by atoms with Crippen molar-refractivity contribution in [3.63, 3.8) is 0 Å². The van der Waals surface area contributed by atoms with Gasteiger partial charge in [-0.2, -0.15) is 4.98 Å². The van der Waals surface area contributed by atoms with Gasteiger partial charge in [0.05, 0.1) is 6.61 Å². The average Bonchev–Trinajstić information content (AvgIpc) is 2.64. The molecule has 0 unspecified atom stereocenters. The first-order valence-electron chi connectivity index (χ1n) is 7.61. The van der Waals surface area contributed by atoms with Crippen molar-refractivity contribution in [1.29, 1.82) is 0 Å². The number of carbonyl (C=O) groups excluding carboxylic acids is 1. The van der Waals surface area contributed by atoms with Gasteiger partial charge in [0.1, 0.15) is 11.5 Å². The van der Waals surface area contributed by atoms with Gasteiger partial charge >= 0.3 is 5.97 Å². The number of rotatable bonds is 5. The second kappa shape index (κ2) is 7.39.